The first-order valence-corrected chi connectivity index (χ1v) is 10.1. The van der Waals surface area contributed by atoms with Crippen molar-refractivity contribution in [1.82, 2.24) is 0 Å². The van der Waals surface area contributed by atoms with Gasteiger partial charge in [0.05, 0.1) is 0 Å². The summed E-state index contributed by atoms with van der Waals surface area (Å²) in [4.78, 5) is 0. The zero-order valence-corrected chi connectivity index (χ0v) is 19.7. The molecule has 0 radical (unpaired) electrons. The smallest absolute Gasteiger partial charge is 0.200 e. The van der Waals surface area contributed by atoms with E-state index in [1.807, 2.05) is 13.8 Å². The molecule has 0 saturated heterocycles. The molecular weight excluding hydrogens is 428 g/mol. The van der Waals surface area contributed by atoms with E-state index in [2.05, 4.69) is 46.1 Å². The highest BCUT2D eigenvalue weighted by Crippen LogP contribution is 2.31. The van der Waals surface area contributed by atoms with E-state index in [9.17, 15) is 17.6 Å². The topological polar surface area (TPSA) is 9.23 Å². The van der Waals surface area contributed by atoms with Crippen molar-refractivity contribution < 1.29 is 22.3 Å². The minimum absolute atomic E-state index is 0.00296. The molecule has 5 heteroatoms. The van der Waals surface area contributed by atoms with E-state index in [1.165, 1.54) is 18.2 Å². The van der Waals surface area contributed by atoms with Crippen molar-refractivity contribution in [3.8, 4) is 0 Å². The fourth-order valence-corrected chi connectivity index (χ4v) is 2.14. The van der Waals surface area contributed by atoms with Crippen LogP contribution in [0.25, 0.3) is 0 Å². The molecule has 0 fully saturated rings. The third-order valence-electron chi connectivity index (χ3n) is 4.43. The van der Waals surface area contributed by atoms with Gasteiger partial charge in [-0.2, -0.15) is 4.39 Å². The van der Waals surface area contributed by atoms with Gasteiger partial charge in [0, 0.05) is 16.7 Å². The monoisotopic (exact) mass is 460 g/mol. The quantitative estimate of drug-likeness (QED) is 0.109. The van der Waals surface area contributed by atoms with E-state index >= 15 is 0 Å². The van der Waals surface area contributed by atoms with Crippen LogP contribution in [0.15, 0.2) is 133 Å². The number of allylic oxidation sites excluding steroid dienone is 13. The van der Waals surface area contributed by atoms with Crippen molar-refractivity contribution >= 4 is 0 Å². The zero-order valence-electron chi connectivity index (χ0n) is 19.7. The van der Waals surface area contributed by atoms with Crippen molar-refractivity contribution in [2.75, 3.05) is 6.61 Å². The number of ether oxygens (including phenoxy) is 1. The Morgan fingerprint density at radius 1 is 0.758 bits per heavy atom. The summed E-state index contributed by atoms with van der Waals surface area (Å²) in [5, 5.41) is 0. The Kier molecular flexibility index (Phi) is 12.5. The molecule has 0 atom stereocenters. The average Bonchev–Trinajstić information content (AvgIpc) is 2.80. The number of halogens is 4. The third kappa shape index (κ3) is 9.36. The number of rotatable bonds is 14. The van der Waals surface area contributed by atoms with Crippen LogP contribution in [0.1, 0.15) is 27.2 Å². The second-order valence-corrected chi connectivity index (χ2v) is 7.61. The van der Waals surface area contributed by atoms with E-state index in [1.54, 1.807) is 13.0 Å². The summed E-state index contributed by atoms with van der Waals surface area (Å²) in [5.74, 6) is -5.19. The highest BCUT2D eigenvalue weighted by atomic mass is 19.2. The maximum absolute atomic E-state index is 14.6. The summed E-state index contributed by atoms with van der Waals surface area (Å²) < 4.78 is 62.3. The second-order valence-electron chi connectivity index (χ2n) is 7.61. The molecule has 0 aromatic rings. The summed E-state index contributed by atoms with van der Waals surface area (Å²) in [7, 11) is 0. The highest BCUT2D eigenvalue weighted by Gasteiger charge is 2.17. The third-order valence-corrected chi connectivity index (χ3v) is 4.43. The predicted molar refractivity (Wildman–Crippen MR) is 132 cm³/mol. The van der Waals surface area contributed by atoms with Crippen LogP contribution in [0.3, 0.4) is 0 Å². The van der Waals surface area contributed by atoms with Gasteiger partial charge in [-0.1, -0.05) is 84.2 Å². The molecule has 0 amide bonds. The van der Waals surface area contributed by atoms with Crippen LogP contribution in [0.5, 0.6) is 0 Å². The lowest BCUT2D eigenvalue weighted by molar-refractivity contribution is 0.241. The molecule has 1 nitrogen and oxygen atoms in total. The lowest BCUT2D eigenvalue weighted by Gasteiger charge is -2.10. The van der Waals surface area contributed by atoms with Gasteiger partial charge in [-0.15, -0.1) is 0 Å². The lowest BCUT2D eigenvalue weighted by Crippen LogP contribution is -1.96. The molecule has 0 bridgehead atoms. The van der Waals surface area contributed by atoms with Crippen LogP contribution in [0.2, 0.25) is 0 Å². The van der Waals surface area contributed by atoms with Gasteiger partial charge < -0.3 is 4.74 Å². The Morgan fingerprint density at radius 3 is 1.61 bits per heavy atom. The van der Waals surface area contributed by atoms with E-state index in [-0.39, 0.29) is 34.5 Å². The molecular formula is C28H32F4O. The maximum Gasteiger partial charge on any atom is 0.200 e. The Bertz CT molecular complexity index is 981. The Morgan fingerprint density at radius 2 is 1.18 bits per heavy atom. The standard InChI is InChI=1S/C28H32F4O/c1-11-16-33-24(10)28(32)27(31)23(9)20(6)15-14-19(5)22(8)26(30)25(29)21(7)18(4)13-12-17(2)3/h11,13-15,17H,1,5-10,12,16H2,2-4H3/b15-14-,18-13+,26-25-,28-27-. The van der Waals surface area contributed by atoms with Crippen LogP contribution >= 0.6 is 0 Å². The highest BCUT2D eigenvalue weighted by molar-refractivity contribution is 5.55. The molecule has 0 spiro atoms. The fourth-order valence-electron chi connectivity index (χ4n) is 2.14. The first-order chi connectivity index (χ1) is 15.3. The Labute approximate surface area is 195 Å². The number of hydrogen-bond acceptors (Lipinski definition) is 1. The molecule has 0 N–H and O–H groups in total. The van der Waals surface area contributed by atoms with Gasteiger partial charge in [-0.3, -0.25) is 0 Å². The predicted octanol–water partition coefficient (Wildman–Crippen LogP) is 9.33. The van der Waals surface area contributed by atoms with Crippen LogP contribution < -0.4 is 0 Å². The normalized spacial score (nSPS) is 13.3. The summed E-state index contributed by atoms with van der Waals surface area (Å²) in [6, 6.07) is 0. The van der Waals surface area contributed by atoms with Crippen molar-refractivity contribution in [1.29, 1.82) is 0 Å². The SMILES string of the molecule is C=CCOC(=C)/C(F)=C(/F)C(=C)C(=C)/C=C\C(=C)C(=C)/C(F)=C(/F)C(=C)/C(C)=C/CC(C)C. The molecule has 0 heterocycles. The fraction of sp³-hybridized carbons (Fsp3) is 0.214. The summed E-state index contributed by atoms with van der Waals surface area (Å²) in [6.45, 7) is 30.1. The molecule has 178 valence electrons. The van der Waals surface area contributed by atoms with Gasteiger partial charge >= 0.3 is 0 Å². The van der Waals surface area contributed by atoms with Crippen LogP contribution in [-0.4, -0.2) is 6.61 Å². The Balaban J connectivity index is 5.46. The zero-order chi connectivity index (χ0) is 25.9. The first-order valence-electron chi connectivity index (χ1n) is 10.1. The lowest BCUT2D eigenvalue weighted by atomic mass is 9.99. The van der Waals surface area contributed by atoms with Gasteiger partial charge in [-0.25, -0.2) is 13.2 Å². The maximum atomic E-state index is 14.6. The summed E-state index contributed by atoms with van der Waals surface area (Å²) in [5.41, 5.74) is -0.324. The summed E-state index contributed by atoms with van der Waals surface area (Å²) >= 11 is 0. The minimum Gasteiger partial charge on any atom is -0.487 e. The Hall–Kier alpha value is -3.34. The van der Waals surface area contributed by atoms with Crippen molar-refractivity contribution in [2.45, 2.75) is 27.2 Å². The van der Waals surface area contributed by atoms with Gasteiger partial charge in [-0.05, 0) is 36.0 Å². The van der Waals surface area contributed by atoms with E-state index < -0.39 is 29.1 Å². The molecule has 0 rings (SSSR count). The van der Waals surface area contributed by atoms with Crippen LogP contribution in [0, 0.1) is 5.92 Å². The van der Waals surface area contributed by atoms with Crippen molar-refractivity contribution in [3.05, 3.63) is 133 Å². The van der Waals surface area contributed by atoms with Gasteiger partial charge in [0.25, 0.3) is 0 Å². The molecule has 33 heavy (non-hydrogen) atoms. The second kappa shape index (κ2) is 13.9. The van der Waals surface area contributed by atoms with Crippen LogP contribution in [0.4, 0.5) is 17.6 Å². The van der Waals surface area contributed by atoms with E-state index in [0.717, 1.165) is 0 Å². The molecule has 0 aromatic heterocycles. The average molecular weight is 461 g/mol. The molecule has 0 saturated carbocycles. The molecule has 0 unspecified atom stereocenters. The van der Waals surface area contributed by atoms with Crippen LogP contribution in [-0.2, 0) is 4.74 Å². The largest absolute Gasteiger partial charge is 0.487 e. The first kappa shape index (κ1) is 29.7. The molecule has 0 aromatic carbocycles. The minimum atomic E-state index is -1.34. The molecule has 0 aliphatic rings. The number of hydrogen-bond donors (Lipinski definition) is 0. The summed E-state index contributed by atoms with van der Waals surface area (Å²) in [6.07, 6.45) is 6.29. The van der Waals surface area contributed by atoms with Gasteiger partial charge in [0.2, 0.25) is 5.83 Å². The van der Waals surface area contributed by atoms with E-state index in [4.69, 9.17) is 4.74 Å². The van der Waals surface area contributed by atoms with Crippen molar-refractivity contribution in [2.24, 2.45) is 5.92 Å². The molecule has 0 aliphatic heterocycles. The van der Waals surface area contributed by atoms with E-state index in [0.29, 0.717) is 17.9 Å². The van der Waals surface area contributed by atoms with Gasteiger partial charge in [0.15, 0.2) is 23.2 Å². The molecule has 0 aliphatic carbocycles. The van der Waals surface area contributed by atoms with Crippen molar-refractivity contribution in [3.63, 3.8) is 0 Å². The van der Waals surface area contributed by atoms with Gasteiger partial charge in [0.1, 0.15) is 6.61 Å².